The Morgan fingerprint density at radius 2 is 1.25 bits per heavy atom. The van der Waals surface area contributed by atoms with Crippen molar-refractivity contribution in [1.29, 1.82) is 0 Å². The van der Waals surface area contributed by atoms with Gasteiger partial charge in [0.05, 0.1) is 0 Å². The first kappa shape index (κ1) is 8.36. The molecule has 2 heteroatoms. The number of rotatable bonds is 1. The summed E-state index contributed by atoms with van der Waals surface area (Å²) in [6, 6.07) is 0. The summed E-state index contributed by atoms with van der Waals surface area (Å²) in [5, 5.41) is 0. The quantitative estimate of drug-likeness (QED) is 0.489. The van der Waals surface area contributed by atoms with Crippen molar-refractivity contribution < 1.29 is 4.20 Å². The average Bonchev–Trinajstić information content (AvgIpc) is 1.27. The van der Waals surface area contributed by atoms with Crippen molar-refractivity contribution in [2.24, 2.45) is 0 Å². The van der Waals surface area contributed by atoms with Crippen LogP contribution in [0.2, 0.25) is 0 Å². The summed E-state index contributed by atoms with van der Waals surface area (Å²) in [7, 11) is 0. The normalized spacial score (nSPS) is 18.1. The van der Waals surface area contributed by atoms with Gasteiger partial charge < -0.3 is 0 Å². The Morgan fingerprint density at radius 1 is 1.12 bits per heavy atom. The molecule has 0 aromatic heterocycles. The molecule has 52 valence electrons. The van der Waals surface area contributed by atoms with Gasteiger partial charge in [-0.15, -0.1) is 0 Å². The van der Waals surface area contributed by atoms with Gasteiger partial charge in [-0.05, 0) is 0 Å². The predicted octanol–water partition coefficient (Wildman–Crippen LogP) is 2.72. The van der Waals surface area contributed by atoms with Crippen LogP contribution in [0.25, 0.3) is 0 Å². The van der Waals surface area contributed by atoms with E-state index >= 15 is 0 Å². The van der Waals surface area contributed by atoms with Crippen LogP contribution < -0.4 is 0 Å². The van der Waals surface area contributed by atoms with Crippen molar-refractivity contribution in [3.8, 4) is 0 Å². The number of hydrogen-bond acceptors (Lipinski definition) is 0. The zero-order valence-electron chi connectivity index (χ0n) is 6.40. The monoisotopic (exact) mass is 138 g/mol. The van der Waals surface area contributed by atoms with E-state index in [0.29, 0.717) is 0 Å². The third kappa shape index (κ3) is 2.61. The summed E-state index contributed by atoms with van der Waals surface area (Å²) in [6.07, 6.45) is 0. The Hall–Kier alpha value is 0.360. The van der Waals surface area contributed by atoms with E-state index in [1.165, 1.54) is 0 Å². The van der Waals surface area contributed by atoms with E-state index in [1.54, 1.807) is 20.0 Å². The van der Waals surface area contributed by atoms with E-state index < -0.39 is 6.91 Å². The predicted molar refractivity (Wildman–Crippen MR) is 40.9 cm³/mol. The average molecular weight is 138 g/mol. The molecule has 0 spiro atoms. The topological polar surface area (TPSA) is 0 Å². The SMILES string of the molecule is CC(C)P(C)(C)(C)F. The van der Waals surface area contributed by atoms with Crippen molar-refractivity contribution >= 4 is 6.91 Å². The first-order valence-corrected chi connectivity index (χ1v) is 6.46. The zero-order chi connectivity index (χ0) is 7.02. The third-order valence-electron chi connectivity index (χ3n) is 1.74. The van der Waals surface area contributed by atoms with Crippen LogP contribution in [0.3, 0.4) is 0 Å². The minimum atomic E-state index is -2.68. The molecule has 0 aliphatic carbocycles. The van der Waals surface area contributed by atoms with Crippen molar-refractivity contribution in [2.75, 3.05) is 20.0 Å². The van der Waals surface area contributed by atoms with E-state index in [-0.39, 0.29) is 5.66 Å². The Balaban J connectivity index is 4.14. The van der Waals surface area contributed by atoms with Crippen LogP contribution in [0.1, 0.15) is 13.8 Å². The molecule has 0 saturated heterocycles. The molecule has 0 N–H and O–H groups in total. The molecule has 0 radical (unpaired) electrons. The summed E-state index contributed by atoms with van der Waals surface area (Å²) in [6.45, 7) is 6.44. The maximum absolute atomic E-state index is 13.3. The second-order valence-corrected chi connectivity index (χ2v) is 10.3. The first-order chi connectivity index (χ1) is 3.20. The Bertz CT molecular complexity index is 79.2. The van der Waals surface area contributed by atoms with Crippen LogP contribution in [-0.4, -0.2) is 25.7 Å². The number of halogens is 1. The van der Waals surface area contributed by atoms with Gasteiger partial charge in [-0.1, -0.05) is 0 Å². The third-order valence-corrected chi connectivity index (χ3v) is 5.23. The van der Waals surface area contributed by atoms with Gasteiger partial charge in [-0.25, -0.2) is 0 Å². The van der Waals surface area contributed by atoms with Crippen LogP contribution in [0.15, 0.2) is 0 Å². The molecule has 0 amide bonds. The molecule has 0 aromatic carbocycles. The second-order valence-electron chi connectivity index (χ2n) is 3.81. The van der Waals surface area contributed by atoms with Crippen molar-refractivity contribution in [2.45, 2.75) is 19.5 Å². The molecule has 0 bridgehead atoms. The molecule has 8 heavy (non-hydrogen) atoms. The van der Waals surface area contributed by atoms with E-state index in [4.69, 9.17) is 0 Å². The molecule has 0 aliphatic heterocycles. The van der Waals surface area contributed by atoms with Crippen molar-refractivity contribution in [3.05, 3.63) is 0 Å². The molecule has 0 rings (SSSR count). The molecule has 0 nitrogen and oxygen atoms in total. The van der Waals surface area contributed by atoms with Gasteiger partial charge in [0.15, 0.2) is 0 Å². The van der Waals surface area contributed by atoms with Crippen LogP contribution in [0.5, 0.6) is 0 Å². The number of hydrogen-bond donors (Lipinski definition) is 0. The Morgan fingerprint density at radius 3 is 1.25 bits per heavy atom. The minimum absolute atomic E-state index is 0.209. The van der Waals surface area contributed by atoms with Crippen molar-refractivity contribution in [3.63, 3.8) is 0 Å². The fraction of sp³-hybridized carbons (Fsp3) is 1.00. The van der Waals surface area contributed by atoms with E-state index in [0.717, 1.165) is 0 Å². The van der Waals surface area contributed by atoms with Gasteiger partial charge >= 0.3 is 50.6 Å². The first-order valence-electron chi connectivity index (χ1n) is 2.92. The van der Waals surface area contributed by atoms with Gasteiger partial charge in [0.25, 0.3) is 0 Å². The maximum atomic E-state index is 13.3. The van der Waals surface area contributed by atoms with Crippen LogP contribution in [-0.2, 0) is 0 Å². The summed E-state index contributed by atoms with van der Waals surface area (Å²) in [5.74, 6) is 0. The van der Waals surface area contributed by atoms with Gasteiger partial charge in [-0.2, -0.15) is 0 Å². The van der Waals surface area contributed by atoms with Crippen LogP contribution >= 0.6 is 6.91 Å². The van der Waals surface area contributed by atoms with E-state index in [9.17, 15) is 4.20 Å². The summed E-state index contributed by atoms with van der Waals surface area (Å²) in [4.78, 5) is 0. The fourth-order valence-corrected chi connectivity index (χ4v) is 0. The van der Waals surface area contributed by atoms with Gasteiger partial charge in [0.2, 0.25) is 0 Å². The Labute approximate surface area is 51.5 Å². The van der Waals surface area contributed by atoms with Crippen molar-refractivity contribution in [1.82, 2.24) is 0 Å². The van der Waals surface area contributed by atoms with E-state index in [1.807, 2.05) is 13.8 Å². The Kier molecular flexibility index (Phi) is 1.74. The molecule has 0 saturated carbocycles. The zero-order valence-corrected chi connectivity index (χ0v) is 7.30. The standard InChI is InChI=1S/C6H16FP/c1-6(2)8(3,4,5)7/h6H,1-5H3. The molecule has 0 fully saturated rings. The van der Waals surface area contributed by atoms with E-state index in [2.05, 4.69) is 0 Å². The second kappa shape index (κ2) is 1.67. The van der Waals surface area contributed by atoms with Gasteiger partial charge in [-0.3, -0.25) is 0 Å². The van der Waals surface area contributed by atoms with Crippen LogP contribution in [0, 0.1) is 0 Å². The van der Waals surface area contributed by atoms with Gasteiger partial charge in [0, 0.05) is 0 Å². The molecular formula is C6H16FP. The molecule has 0 unspecified atom stereocenters. The van der Waals surface area contributed by atoms with Gasteiger partial charge in [0.1, 0.15) is 0 Å². The molecule has 0 aliphatic rings. The molecule has 0 aromatic rings. The summed E-state index contributed by atoms with van der Waals surface area (Å²) < 4.78 is 13.3. The fourth-order valence-electron chi connectivity index (χ4n) is 0. The molecule has 0 heterocycles. The summed E-state index contributed by atoms with van der Waals surface area (Å²) >= 11 is 0. The summed E-state index contributed by atoms with van der Waals surface area (Å²) in [5.41, 5.74) is 0.209. The van der Waals surface area contributed by atoms with Crippen LogP contribution in [0.4, 0.5) is 4.20 Å². The molecular weight excluding hydrogens is 122 g/mol. The molecule has 0 atom stereocenters.